The Morgan fingerprint density at radius 1 is 1.07 bits per heavy atom. The van der Waals surface area contributed by atoms with E-state index in [4.69, 9.17) is 0 Å². The van der Waals surface area contributed by atoms with Crippen LogP contribution in [0, 0.1) is 11.8 Å². The summed E-state index contributed by atoms with van der Waals surface area (Å²) in [5.74, 6) is 1.82. The van der Waals surface area contributed by atoms with E-state index in [1.807, 2.05) is 0 Å². The van der Waals surface area contributed by atoms with E-state index in [0.717, 1.165) is 17.9 Å². The van der Waals surface area contributed by atoms with Crippen LogP contribution in [-0.4, -0.2) is 12.6 Å². The highest BCUT2D eigenvalue weighted by molar-refractivity contribution is 4.84. The molecule has 0 saturated heterocycles. The predicted octanol–water partition coefficient (Wildman–Crippen LogP) is 3.59. The zero-order valence-electron chi connectivity index (χ0n) is 10.2. The van der Waals surface area contributed by atoms with Crippen molar-refractivity contribution in [1.29, 1.82) is 0 Å². The van der Waals surface area contributed by atoms with Crippen LogP contribution >= 0.6 is 0 Å². The first kappa shape index (κ1) is 12.0. The minimum Gasteiger partial charge on any atom is -0.314 e. The topological polar surface area (TPSA) is 12.0 Å². The Bertz CT molecular complexity index is 144. The van der Waals surface area contributed by atoms with Crippen molar-refractivity contribution in [3.05, 3.63) is 0 Å². The average molecular weight is 197 g/mol. The molecular formula is C13H27N. The molecule has 3 unspecified atom stereocenters. The summed E-state index contributed by atoms with van der Waals surface area (Å²) in [6.07, 6.45) is 8.34. The Kier molecular flexibility index (Phi) is 5.54. The van der Waals surface area contributed by atoms with Gasteiger partial charge in [-0.2, -0.15) is 0 Å². The fourth-order valence-corrected chi connectivity index (χ4v) is 2.49. The van der Waals surface area contributed by atoms with E-state index in [2.05, 4.69) is 26.1 Å². The number of hydrogen-bond donors (Lipinski definition) is 1. The zero-order valence-corrected chi connectivity index (χ0v) is 10.2. The van der Waals surface area contributed by atoms with Gasteiger partial charge in [0.15, 0.2) is 0 Å². The van der Waals surface area contributed by atoms with Crippen molar-refractivity contribution in [3.8, 4) is 0 Å². The van der Waals surface area contributed by atoms with Crippen molar-refractivity contribution >= 4 is 0 Å². The summed E-state index contributed by atoms with van der Waals surface area (Å²) in [5, 5.41) is 3.72. The largest absolute Gasteiger partial charge is 0.314 e. The lowest BCUT2D eigenvalue weighted by Gasteiger charge is -2.19. The third kappa shape index (κ3) is 3.61. The van der Waals surface area contributed by atoms with Crippen LogP contribution in [0.5, 0.6) is 0 Å². The monoisotopic (exact) mass is 197 g/mol. The van der Waals surface area contributed by atoms with E-state index >= 15 is 0 Å². The third-order valence-corrected chi connectivity index (χ3v) is 3.90. The molecule has 1 aliphatic carbocycles. The van der Waals surface area contributed by atoms with Gasteiger partial charge in [0, 0.05) is 6.04 Å². The third-order valence-electron chi connectivity index (χ3n) is 3.90. The fourth-order valence-electron chi connectivity index (χ4n) is 2.49. The lowest BCUT2D eigenvalue weighted by molar-refractivity contribution is 0.368. The van der Waals surface area contributed by atoms with Gasteiger partial charge in [0.1, 0.15) is 0 Å². The number of hydrogen-bond acceptors (Lipinski definition) is 1. The van der Waals surface area contributed by atoms with Gasteiger partial charge in [-0.15, -0.1) is 0 Å². The van der Waals surface area contributed by atoms with Crippen LogP contribution in [0.1, 0.15) is 59.3 Å². The molecule has 0 aliphatic heterocycles. The highest BCUT2D eigenvalue weighted by Gasteiger charge is 2.28. The molecule has 0 amide bonds. The molecule has 1 heteroatoms. The Labute approximate surface area is 89.7 Å². The first-order chi connectivity index (χ1) is 6.75. The number of unbranched alkanes of at least 4 members (excludes halogenated alkanes) is 3. The van der Waals surface area contributed by atoms with Crippen LogP contribution in [0.2, 0.25) is 0 Å². The molecule has 0 aromatic heterocycles. The standard InChI is InChI=1S/C13H27N/c1-4-5-6-7-10-14-13-9-8-11(2)12(13)3/h11-14H,4-10H2,1-3H3. The molecule has 1 rings (SSSR count). The summed E-state index contributed by atoms with van der Waals surface area (Å²) in [6, 6.07) is 0.812. The van der Waals surface area contributed by atoms with Gasteiger partial charge < -0.3 is 5.32 Å². The molecule has 0 heterocycles. The van der Waals surface area contributed by atoms with Gasteiger partial charge in [0.25, 0.3) is 0 Å². The maximum absolute atomic E-state index is 3.72. The van der Waals surface area contributed by atoms with E-state index in [9.17, 15) is 0 Å². The summed E-state index contributed by atoms with van der Waals surface area (Å²) in [6.45, 7) is 8.31. The normalized spacial score (nSPS) is 32.4. The van der Waals surface area contributed by atoms with Gasteiger partial charge in [-0.1, -0.05) is 40.0 Å². The second-order valence-electron chi connectivity index (χ2n) is 5.04. The molecule has 0 bridgehead atoms. The quantitative estimate of drug-likeness (QED) is 0.642. The molecule has 0 aromatic rings. The molecule has 0 spiro atoms. The first-order valence-electron chi connectivity index (χ1n) is 6.49. The summed E-state index contributed by atoms with van der Waals surface area (Å²) in [4.78, 5) is 0. The second-order valence-corrected chi connectivity index (χ2v) is 5.04. The van der Waals surface area contributed by atoms with Gasteiger partial charge in [0.2, 0.25) is 0 Å². The molecular weight excluding hydrogens is 170 g/mol. The first-order valence-corrected chi connectivity index (χ1v) is 6.49. The van der Waals surface area contributed by atoms with Crippen LogP contribution in [0.25, 0.3) is 0 Å². The lowest BCUT2D eigenvalue weighted by Crippen LogP contribution is -2.33. The average Bonchev–Trinajstić information content (AvgIpc) is 2.49. The van der Waals surface area contributed by atoms with E-state index in [0.29, 0.717) is 0 Å². The molecule has 1 N–H and O–H groups in total. The highest BCUT2D eigenvalue weighted by atomic mass is 14.9. The van der Waals surface area contributed by atoms with Gasteiger partial charge in [-0.3, -0.25) is 0 Å². The van der Waals surface area contributed by atoms with Crippen LogP contribution in [-0.2, 0) is 0 Å². The van der Waals surface area contributed by atoms with E-state index in [-0.39, 0.29) is 0 Å². The molecule has 0 aromatic carbocycles. The van der Waals surface area contributed by atoms with Crippen LogP contribution < -0.4 is 5.32 Å². The molecule has 1 nitrogen and oxygen atoms in total. The van der Waals surface area contributed by atoms with Crippen LogP contribution in [0.15, 0.2) is 0 Å². The second kappa shape index (κ2) is 6.44. The van der Waals surface area contributed by atoms with Gasteiger partial charge in [-0.25, -0.2) is 0 Å². The Morgan fingerprint density at radius 2 is 1.86 bits per heavy atom. The fraction of sp³-hybridized carbons (Fsp3) is 1.00. The summed E-state index contributed by atoms with van der Waals surface area (Å²) < 4.78 is 0. The molecule has 1 fully saturated rings. The Balaban J connectivity index is 2.01. The summed E-state index contributed by atoms with van der Waals surface area (Å²) in [7, 11) is 0. The molecule has 84 valence electrons. The summed E-state index contributed by atoms with van der Waals surface area (Å²) in [5.41, 5.74) is 0. The van der Waals surface area contributed by atoms with Crippen LogP contribution in [0.3, 0.4) is 0 Å². The molecule has 3 atom stereocenters. The van der Waals surface area contributed by atoms with E-state index < -0.39 is 0 Å². The molecule has 14 heavy (non-hydrogen) atoms. The van der Waals surface area contributed by atoms with Crippen molar-refractivity contribution in [2.75, 3.05) is 6.54 Å². The maximum Gasteiger partial charge on any atom is 0.00953 e. The Morgan fingerprint density at radius 3 is 2.43 bits per heavy atom. The van der Waals surface area contributed by atoms with Gasteiger partial charge in [0.05, 0.1) is 0 Å². The number of rotatable bonds is 6. The van der Waals surface area contributed by atoms with E-state index in [1.54, 1.807) is 0 Å². The highest BCUT2D eigenvalue weighted by Crippen LogP contribution is 2.30. The molecule has 1 saturated carbocycles. The maximum atomic E-state index is 3.72. The minimum absolute atomic E-state index is 0.812. The van der Waals surface area contributed by atoms with Gasteiger partial charge in [-0.05, 0) is 37.6 Å². The zero-order chi connectivity index (χ0) is 10.4. The summed E-state index contributed by atoms with van der Waals surface area (Å²) >= 11 is 0. The smallest absolute Gasteiger partial charge is 0.00953 e. The SMILES string of the molecule is CCCCCCNC1CCC(C)C1C. The van der Waals surface area contributed by atoms with Crippen molar-refractivity contribution in [3.63, 3.8) is 0 Å². The van der Waals surface area contributed by atoms with Crippen molar-refractivity contribution < 1.29 is 0 Å². The van der Waals surface area contributed by atoms with Crippen molar-refractivity contribution in [1.82, 2.24) is 5.32 Å². The molecule has 0 radical (unpaired) electrons. The van der Waals surface area contributed by atoms with Crippen molar-refractivity contribution in [2.45, 2.75) is 65.3 Å². The molecule has 1 aliphatic rings. The lowest BCUT2D eigenvalue weighted by atomic mass is 9.98. The van der Waals surface area contributed by atoms with E-state index in [1.165, 1.54) is 45.1 Å². The van der Waals surface area contributed by atoms with Crippen molar-refractivity contribution in [2.24, 2.45) is 11.8 Å². The minimum atomic E-state index is 0.812. The Hall–Kier alpha value is -0.0400. The van der Waals surface area contributed by atoms with Crippen LogP contribution in [0.4, 0.5) is 0 Å². The van der Waals surface area contributed by atoms with Gasteiger partial charge >= 0.3 is 0 Å². The number of nitrogens with one attached hydrogen (secondary N) is 1. The predicted molar refractivity (Wildman–Crippen MR) is 63.5 cm³/mol.